The van der Waals surface area contributed by atoms with Gasteiger partial charge in [0.05, 0.1) is 23.6 Å². The van der Waals surface area contributed by atoms with Crippen molar-refractivity contribution in [2.45, 2.75) is 26.3 Å². The molecule has 1 heterocycles. The average Bonchev–Trinajstić information content (AvgIpc) is 2.70. The van der Waals surface area contributed by atoms with E-state index in [2.05, 4.69) is 0 Å². The summed E-state index contributed by atoms with van der Waals surface area (Å²) in [4.78, 5) is 17.2. The number of esters is 1. The van der Waals surface area contributed by atoms with Crippen LogP contribution in [0.3, 0.4) is 0 Å². The summed E-state index contributed by atoms with van der Waals surface area (Å²) in [6.07, 6.45) is 0. The molecule has 0 unspecified atom stereocenters. The van der Waals surface area contributed by atoms with Gasteiger partial charge in [-0.2, -0.15) is 0 Å². The first-order valence-electron chi connectivity index (χ1n) is 9.76. The summed E-state index contributed by atoms with van der Waals surface area (Å²) in [7, 11) is 1.39. The van der Waals surface area contributed by atoms with Crippen molar-refractivity contribution >= 4 is 22.6 Å². The molecule has 1 aliphatic heterocycles. The largest absolute Gasteiger partial charge is 0.465 e. The maximum Gasteiger partial charge on any atom is 0.338 e. The second kappa shape index (κ2) is 7.34. The van der Waals surface area contributed by atoms with Gasteiger partial charge in [0.15, 0.2) is 0 Å². The van der Waals surface area contributed by atoms with Crippen molar-refractivity contribution in [3.05, 3.63) is 71.6 Å². The van der Waals surface area contributed by atoms with Crippen LogP contribution in [0.4, 0.5) is 5.69 Å². The Balaban J connectivity index is 2.13. The molecule has 152 valence electrons. The van der Waals surface area contributed by atoms with Gasteiger partial charge in [0.2, 0.25) is 0 Å². The van der Waals surface area contributed by atoms with E-state index in [1.807, 2.05) is 69.3 Å². The summed E-state index contributed by atoms with van der Waals surface area (Å²) in [5.74, 6) is 0.288. The topological polar surface area (TPSA) is 77.8 Å². The fraction of sp³-hybridized carbons (Fsp3) is 0.200. The van der Waals surface area contributed by atoms with Crippen molar-refractivity contribution in [2.24, 2.45) is 4.99 Å². The Morgan fingerprint density at radius 1 is 1.00 bits per heavy atom. The molecule has 0 bridgehead atoms. The van der Waals surface area contributed by atoms with Crippen LogP contribution in [-0.4, -0.2) is 18.6 Å². The first-order chi connectivity index (χ1) is 14.3. The van der Waals surface area contributed by atoms with Crippen LogP contribution in [0, 0.1) is 0 Å². The lowest BCUT2D eigenvalue weighted by molar-refractivity contribution is 0.0601. The Kier molecular flexibility index (Phi) is 4.82. The minimum absolute atomic E-state index is 0.213. The van der Waals surface area contributed by atoms with E-state index in [-0.39, 0.29) is 11.5 Å². The fourth-order valence-electron chi connectivity index (χ4n) is 3.63. The number of nitrogens with zero attached hydrogens (tertiary/aromatic N) is 1. The monoisotopic (exact) mass is 400 g/mol. The molecule has 0 fully saturated rings. The van der Waals surface area contributed by atoms with Crippen molar-refractivity contribution in [1.29, 1.82) is 0 Å². The summed E-state index contributed by atoms with van der Waals surface area (Å²) in [5.41, 5.74) is 10.1. The van der Waals surface area contributed by atoms with E-state index in [9.17, 15) is 4.79 Å². The van der Waals surface area contributed by atoms with Crippen molar-refractivity contribution in [1.82, 2.24) is 0 Å². The number of rotatable bonds is 2. The van der Waals surface area contributed by atoms with Crippen LogP contribution in [0.25, 0.3) is 33.4 Å². The molecular weight excluding hydrogens is 376 g/mol. The molecule has 0 atom stereocenters. The Hall–Kier alpha value is -3.60. The molecule has 1 aliphatic carbocycles. The number of carbonyl (C=O) groups is 1. The third kappa shape index (κ3) is 3.66. The van der Waals surface area contributed by atoms with Crippen molar-refractivity contribution in [2.75, 3.05) is 12.8 Å². The quantitative estimate of drug-likeness (QED) is 0.282. The average molecular weight is 400 g/mol. The number of fused-ring (bicyclic) bond motifs is 2. The van der Waals surface area contributed by atoms with Gasteiger partial charge < -0.3 is 14.9 Å². The number of hydrogen-bond donors (Lipinski definition) is 1. The summed E-state index contributed by atoms with van der Waals surface area (Å²) in [6, 6.07) is 18.9. The predicted molar refractivity (Wildman–Crippen MR) is 119 cm³/mol. The van der Waals surface area contributed by atoms with Crippen LogP contribution in [-0.2, 0) is 4.74 Å². The van der Waals surface area contributed by atoms with Crippen LogP contribution in [0.5, 0.6) is 0 Å². The van der Waals surface area contributed by atoms with Gasteiger partial charge in [-0.05, 0) is 56.7 Å². The Morgan fingerprint density at radius 2 is 1.77 bits per heavy atom. The molecule has 5 nitrogen and oxygen atoms in total. The van der Waals surface area contributed by atoms with Gasteiger partial charge in [-0.3, -0.25) is 4.99 Å². The van der Waals surface area contributed by atoms with Gasteiger partial charge in [-0.25, -0.2) is 4.79 Å². The first-order valence-corrected chi connectivity index (χ1v) is 9.76. The van der Waals surface area contributed by atoms with E-state index in [0.717, 1.165) is 27.4 Å². The van der Waals surface area contributed by atoms with Crippen LogP contribution in [0.2, 0.25) is 0 Å². The molecule has 0 spiro atoms. The van der Waals surface area contributed by atoms with Crippen LogP contribution >= 0.6 is 0 Å². The SMILES string of the molecule is COC(=O)c1ccccc1-c1c2ccc(=NC(C)(C)C)cc-2oc2cc(N)ccc12. The maximum atomic E-state index is 12.5. The number of carbonyl (C=O) groups excluding carboxylic acids is 1. The molecule has 5 heteroatoms. The fourth-order valence-corrected chi connectivity index (χ4v) is 3.63. The third-order valence-corrected chi connectivity index (χ3v) is 4.80. The van der Waals surface area contributed by atoms with E-state index in [4.69, 9.17) is 19.9 Å². The predicted octanol–water partition coefficient (Wildman–Crippen LogP) is 5.27. The van der Waals surface area contributed by atoms with E-state index >= 15 is 0 Å². The second-order valence-electron chi connectivity index (χ2n) is 8.23. The van der Waals surface area contributed by atoms with E-state index in [1.54, 1.807) is 12.1 Å². The lowest BCUT2D eigenvalue weighted by Gasteiger charge is -2.18. The number of nitrogen functional groups attached to an aromatic ring is 1. The van der Waals surface area contributed by atoms with E-state index in [0.29, 0.717) is 22.6 Å². The number of nitrogens with two attached hydrogens (primary N) is 1. The Morgan fingerprint density at radius 3 is 2.50 bits per heavy atom. The van der Waals surface area contributed by atoms with Gasteiger partial charge in [-0.15, -0.1) is 0 Å². The van der Waals surface area contributed by atoms with E-state index in [1.165, 1.54) is 7.11 Å². The zero-order valence-electron chi connectivity index (χ0n) is 17.5. The van der Waals surface area contributed by atoms with Gasteiger partial charge in [0.25, 0.3) is 0 Å². The maximum absolute atomic E-state index is 12.5. The van der Waals surface area contributed by atoms with Crippen molar-refractivity contribution < 1.29 is 13.9 Å². The Bertz CT molecular complexity index is 1300. The van der Waals surface area contributed by atoms with Gasteiger partial charge in [0.1, 0.15) is 11.3 Å². The summed E-state index contributed by atoms with van der Waals surface area (Å²) < 4.78 is 11.2. The summed E-state index contributed by atoms with van der Waals surface area (Å²) >= 11 is 0. The molecule has 2 aliphatic rings. The molecule has 2 aromatic carbocycles. The number of methoxy groups -OCH3 is 1. The molecule has 2 aromatic rings. The molecule has 0 saturated heterocycles. The highest BCUT2D eigenvalue weighted by atomic mass is 16.5. The molecule has 4 rings (SSSR count). The number of anilines is 1. The van der Waals surface area contributed by atoms with Crippen LogP contribution in [0.1, 0.15) is 31.1 Å². The minimum atomic E-state index is -0.387. The lowest BCUT2D eigenvalue weighted by atomic mass is 9.90. The number of hydrogen-bond acceptors (Lipinski definition) is 5. The molecule has 0 aromatic heterocycles. The minimum Gasteiger partial charge on any atom is -0.465 e. The van der Waals surface area contributed by atoms with Crippen molar-refractivity contribution in [3.63, 3.8) is 0 Å². The zero-order chi connectivity index (χ0) is 21.5. The van der Waals surface area contributed by atoms with Gasteiger partial charge >= 0.3 is 5.97 Å². The molecule has 0 radical (unpaired) electrons. The number of ether oxygens (including phenoxy) is 1. The van der Waals surface area contributed by atoms with E-state index < -0.39 is 0 Å². The smallest absolute Gasteiger partial charge is 0.338 e. The molecular formula is C25H24N2O3. The third-order valence-electron chi connectivity index (χ3n) is 4.80. The molecule has 30 heavy (non-hydrogen) atoms. The highest BCUT2D eigenvalue weighted by Gasteiger charge is 2.21. The lowest BCUT2D eigenvalue weighted by Crippen LogP contribution is -2.16. The highest BCUT2D eigenvalue weighted by Crippen LogP contribution is 2.41. The first kappa shape index (κ1) is 19.7. The van der Waals surface area contributed by atoms with Crippen LogP contribution < -0.4 is 11.1 Å². The highest BCUT2D eigenvalue weighted by molar-refractivity contribution is 6.08. The summed E-state index contributed by atoms with van der Waals surface area (Å²) in [5, 5.41) is 1.70. The van der Waals surface area contributed by atoms with Crippen LogP contribution in [0.15, 0.2) is 70.1 Å². The Labute approximate surface area is 175 Å². The molecule has 0 saturated carbocycles. The molecule has 0 amide bonds. The number of benzene rings is 3. The normalized spacial score (nSPS) is 12.5. The standard InChI is InChI=1S/C25H24N2O3/c1-25(2,3)27-16-10-12-20-22(14-16)30-21-13-15(26)9-11-19(21)23(20)17-7-5-6-8-18(17)24(28)29-4/h5-14H,26H2,1-4H3. The van der Waals surface area contributed by atoms with Gasteiger partial charge in [0, 0.05) is 34.3 Å². The zero-order valence-corrected chi connectivity index (χ0v) is 17.5. The second-order valence-corrected chi connectivity index (χ2v) is 8.23. The van der Waals surface area contributed by atoms with Crippen molar-refractivity contribution in [3.8, 4) is 22.5 Å². The summed E-state index contributed by atoms with van der Waals surface area (Å²) in [6.45, 7) is 6.15. The van der Waals surface area contributed by atoms with Gasteiger partial charge in [-0.1, -0.05) is 18.2 Å². The molecule has 2 N–H and O–H groups in total.